The first-order chi connectivity index (χ1) is 7.22. The summed E-state index contributed by atoms with van der Waals surface area (Å²) in [5.41, 5.74) is 1.05. The molecule has 2 aromatic heterocycles. The Morgan fingerprint density at radius 3 is 2.93 bits per heavy atom. The van der Waals surface area contributed by atoms with Crippen molar-refractivity contribution in [3.05, 3.63) is 16.0 Å². The lowest BCUT2D eigenvalue weighted by Gasteiger charge is -1.93. The van der Waals surface area contributed by atoms with Gasteiger partial charge in [-0.15, -0.1) is 16.4 Å². The molecule has 0 atom stereocenters. The van der Waals surface area contributed by atoms with Gasteiger partial charge in [0, 0.05) is 10.3 Å². The summed E-state index contributed by atoms with van der Waals surface area (Å²) in [4.78, 5) is 16.3. The molecule has 0 N–H and O–H groups in total. The van der Waals surface area contributed by atoms with Gasteiger partial charge in [0.15, 0.2) is 5.69 Å². The van der Waals surface area contributed by atoms with Crippen LogP contribution in [0.4, 0.5) is 0 Å². The second-order valence-electron chi connectivity index (χ2n) is 2.71. The molecule has 0 saturated heterocycles. The van der Waals surface area contributed by atoms with Gasteiger partial charge < -0.3 is 4.74 Å². The summed E-state index contributed by atoms with van der Waals surface area (Å²) in [5.74, 6) is -0.418. The molecule has 2 aromatic rings. The third-order valence-electron chi connectivity index (χ3n) is 1.75. The fourth-order valence-corrected chi connectivity index (χ4v) is 2.42. The van der Waals surface area contributed by atoms with Crippen LogP contribution in [0.2, 0.25) is 0 Å². The van der Waals surface area contributed by atoms with Crippen molar-refractivity contribution in [1.82, 2.24) is 14.6 Å². The molecule has 2 rings (SSSR count). The fourth-order valence-electron chi connectivity index (χ4n) is 1.05. The summed E-state index contributed by atoms with van der Waals surface area (Å²) in [6.07, 6.45) is 0. The number of nitrogens with zero attached hydrogens (tertiary/aromatic N) is 3. The van der Waals surface area contributed by atoms with Crippen molar-refractivity contribution < 1.29 is 9.53 Å². The molecule has 7 heteroatoms. The van der Waals surface area contributed by atoms with E-state index in [-0.39, 0.29) is 0 Å². The zero-order valence-corrected chi connectivity index (χ0v) is 9.68. The van der Waals surface area contributed by atoms with Crippen LogP contribution in [0.5, 0.6) is 0 Å². The summed E-state index contributed by atoms with van der Waals surface area (Å²) in [7, 11) is 1.34. The Bertz CT molecular complexity index is 478. The molecule has 0 saturated carbocycles. The first-order valence-electron chi connectivity index (χ1n) is 4.05. The molecule has 5 nitrogen and oxygen atoms in total. The van der Waals surface area contributed by atoms with Gasteiger partial charge in [0.2, 0.25) is 0 Å². The molecule has 0 aliphatic rings. The molecule has 0 fully saturated rings. The minimum atomic E-state index is -0.418. The molecule has 2 heterocycles. The first-order valence-corrected chi connectivity index (χ1v) is 5.71. The van der Waals surface area contributed by atoms with Crippen molar-refractivity contribution in [2.75, 3.05) is 7.11 Å². The van der Waals surface area contributed by atoms with Crippen LogP contribution >= 0.6 is 22.9 Å². The van der Waals surface area contributed by atoms with Crippen molar-refractivity contribution in [3.63, 3.8) is 0 Å². The molecule has 0 spiro atoms. The van der Waals surface area contributed by atoms with E-state index in [1.54, 1.807) is 5.38 Å². The number of hydrogen-bond donors (Lipinski definition) is 0. The second-order valence-corrected chi connectivity index (χ2v) is 4.52. The maximum Gasteiger partial charge on any atom is 0.357 e. The van der Waals surface area contributed by atoms with Crippen LogP contribution in [-0.4, -0.2) is 27.7 Å². The SMILES string of the molecule is COC(=O)c1nc(-c2csnn2)sc1C. The molecule has 0 radical (unpaired) electrons. The van der Waals surface area contributed by atoms with Crippen LogP contribution in [-0.2, 0) is 4.74 Å². The molecule has 0 unspecified atom stereocenters. The lowest BCUT2D eigenvalue weighted by atomic mass is 10.4. The molecule has 0 aliphatic carbocycles. The second kappa shape index (κ2) is 4.03. The smallest absolute Gasteiger partial charge is 0.357 e. The predicted octanol–water partition coefficient (Wildman–Crippen LogP) is 1.76. The number of ether oxygens (including phenoxy) is 1. The number of thiazole rings is 1. The summed E-state index contributed by atoms with van der Waals surface area (Å²) in [6, 6.07) is 0. The number of carbonyl (C=O) groups is 1. The fraction of sp³-hybridized carbons (Fsp3) is 0.250. The average Bonchev–Trinajstić information content (AvgIpc) is 2.84. The van der Waals surface area contributed by atoms with Gasteiger partial charge in [-0.1, -0.05) is 4.49 Å². The van der Waals surface area contributed by atoms with E-state index in [9.17, 15) is 4.79 Å². The van der Waals surface area contributed by atoms with Crippen LogP contribution in [0.3, 0.4) is 0 Å². The van der Waals surface area contributed by atoms with Crippen LogP contribution in [0.1, 0.15) is 15.4 Å². The van der Waals surface area contributed by atoms with E-state index in [2.05, 4.69) is 19.3 Å². The van der Waals surface area contributed by atoms with Gasteiger partial charge in [-0.2, -0.15) is 0 Å². The number of aryl methyl sites for hydroxylation is 1. The number of methoxy groups -OCH3 is 1. The Kier molecular flexibility index (Phi) is 2.74. The topological polar surface area (TPSA) is 65.0 Å². The zero-order chi connectivity index (χ0) is 10.8. The molecule has 0 aliphatic heterocycles. The molecular weight excluding hydrogens is 234 g/mol. The standard InChI is InChI=1S/C8H7N3O2S2/c1-4-6(8(12)13-2)9-7(15-4)5-3-14-11-10-5/h3H,1-2H3. The highest BCUT2D eigenvalue weighted by molar-refractivity contribution is 7.15. The lowest BCUT2D eigenvalue weighted by molar-refractivity contribution is 0.0594. The van der Waals surface area contributed by atoms with E-state index < -0.39 is 5.97 Å². The van der Waals surface area contributed by atoms with Crippen LogP contribution in [0.25, 0.3) is 10.7 Å². The Morgan fingerprint density at radius 1 is 1.53 bits per heavy atom. The van der Waals surface area contributed by atoms with E-state index in [0.717, 1.165) is 4.88 Å². The Balaban J connectivity index is 2.41. The minimum absolute atomic E-state index is 0.352. The Labute approximate surface area is 93.9 Å². The largest absolute Gasteiger partial charge is 0.464 e. The highest BCUT2D eigenvalue weighted by Crippen LogP contribution is 2.26. The van der Waals surface area contributed by atoms with E-state index in [4.69, 9.17) is 0 Å². The first kappa shape index (κ1) is 10.2. The highest BCUT2D eigenvalue weighted by Gasteiger charge is 2.17. The van der Waals surface area contributed by atoms with Gasteiger partial charge in [-0.25, -0.2) is 9.78 Å². The minimum Gasteiger partial charge on any atom is -0.464 e. The third-order valence-corrected chi connectivity index (χ3v) is 3.25. The molecule has 0 bridgehead atoms. The van der Waals surface area contributed by atoms with Crippen LogP contribution < -0.4 is 0 Å². The third kappa shape index (κ3) is 1.88. The molecule has 78 valence electrons. The van der Waals surface area contributed by atoms with Gasteiger partial charge in [0.25, 0.3) is 0 Å². The van der Waals surface area contributed by atoms with Crippen molar-refractivity contribution in [2.45, 2.75) is 6.92 Å². The zero-order valence-electron chi connectivity index (χ0n) is 8.05. The van der Waals surface area contributed by atoms with E-state index >= 15 is 0 Å². The molecule has 0 aromatic carbocycles. The van der Waals surface area contributed by atoms with Gasteiger partial charge in [-0.05, 0) is 18.5 Å². The monoisotopic (exact) mass is 241 g/mol. The summed E-state index contributed by atoms with van der Waals surface area (Å²) < 4.78 is 8.36. The molecular formula is C8H7N3O2S2. The average molecular weight is 241 g/mol. The molecule has 15 heavy (non-hydrogen) atoms. The number of carbonyl (C=O) groups excluding carboxylic acids is 1. The summed E-state index contributed by atoms with van der Waals surface area (Å²) in [5, 5.41) is 6.38. The van der Waals surface area contributed by atoms with Crippen molar-refractivity contribution in [2.24, 2.45) is 0 Å². The maximum atomic E-state index is 11.3. The van der Waals surface area contributed by atoms with Crippen molar-refractivity contribution >= 4 is 28.8 Å². The Morgan fingerprint density at radius 2 is 2.33 bits per heavy atom. The van der Waals surface area contributed by atoms with Crippen molar-refractivity contribution in [1.29, 1.82) is 0 Å². The van der Waals surface area contributed by atoms with E-state index in [1.165, 1.54) is 30.0 Å². The highest BCUT2D eigenvalue weighted by atomic mass is 32.1. The number of rotatable bonds is 2. The van der Waals surface area contributed by atoms with Gasteiger partial charge in [-0.3, -0.25) is 0 Å². The lowest BCUT2D eigenvalue weighted by Crippen LogP contribution is -2.03. The van der Waals surface area contributed by atoms with E-state index in [0.29, 0.717) is 16.4 Å². The van der Waals surface area contributed by atoms with Crippen LogP contribution in [0, 0.1) is 6.92 Å². The quantitative estimate of drug-likeness (QED) is 0.749. The maximum absolute atomic E-state index is 11.3. The molecule has 0 amide bonds. The van der Waals surface area contributed by atoms with E-state index in [1.807, 2.05) is 6.92 Å². The van der Waals surface area contributed by atoms with Gasteiger partial charge in [0.05, 0.1) is 7.11 Å². The number of aromatic nitrogens is 3. The summed E-state index contributed by atoms with van der Waals surface area (Å²) in [6.45, 7) is 1.83. The van der Waals surface area contributed by atoms with Crippen LogP contribution in [0.15, 0.2) is 5.38 Å². The normalized spacial score (nSPS) is 10.3. The number of esters is 1. The predicted molar refractivity (Wildman–Crippen MR) is 57.1 cm³/mol. The number of hydrogen-bond acceptors (Lipinski definition) is 7. The van der Waals surface area contributed by atoms with Gasteiger partial charge >= 0.3 is 5.97 Å². The Hall–Kier alpha value is -1.34. The van der Waals surface area contributed by atoms with Gasteiger partial charge in [0.1, 0.15) is 10.7 Å². The van der Waals surface area contributed by atoms with Crippen molar-refractivity contribution in [3.8, 4) is 10.7 Å². The summed E-state index contributed by atoms with van der Waals surface area (Å²) >= 11 is 2.66.